The molecule has 0 heterocycles. The van der Waals surface area contributed by atoms with Crippen LogP contribution < -0.4 is 4.74 Å². The van der Waals surface area contributed by atoms with E-state index in [1.54, 1.807) is 36.4 Å². The third-order valence-electron chi connectivity index (χ3n) is 2.92. The Bertz CT molecular complexity index is 569. The minimum absolute atomic E-state index is 0.251. The molecule has 1 atom stereocenters. The predicted octanol–water partition coefficient (Wildman–Crippen LogP) is 4.46. The fourth-order valence-corrected chi connectivity index (χ4v) is 2.25. The van der Waals surface area contributed by atoms with Crippen molar-refractivity contribution in [1.82, 2.24) is 0 Å². The molecule has 4 heteroatoms. The third kappa shape index (κ3) is 3.58. The first-order chi connectivity index (χ1) is 9.61. The average Bonchev–Trinajstić information content (AvgIpc) is 2.47. The van der Waals surface area contributed by atoms with Gasteiger partial charge in [0.1, 0.15) is 17.7 Å². The second kappa shape index (κ2) is 6.86. The lowest BCUT2D eigenvalue weighted by atomic mass is 10.0. The quantitative estimate of drug-likeness (QED) is 0.872. The summed E-state index contributed by atoms with van der Waals surface area (Å²) in [5.41, 5.74) is 0.882. The molecule has 0 amide bonds. The van der Waals surface area contributed by atoms with Crippen LogP contribution in [-0.2, 0) is 0 Å². The maximum Gasteiger partial charge on any atom is 0.129 e. The summed E-state index contributed by atoms with van der Waals surface area (Å²) in [5.74, 6) is 0.324. The number of halogens is 2. The van der Waals surface area contributed by atoms with Gasteiger partial charge in [0.25, 0.3) is 0 Å². The lowest BCUT2D eigenvalue weighted by Crippen LogP contribution is -2.03. The zero-order chi connectivity index (χ0) is 14.5. The van der Waals surface area contributed by atoms with Crippen LogP contribution in [0.4, 0.5) is 4.39 Å². The van der Waals surface area contributed by atoms with Crippen LogP contribution in [0.3, 0.4) is 0 Å². The summed E-state index contributed by atoms with van der Waals surface area (Å²) in [6.07, 6.45) is -0.0547. The van der Waals surface area contributed by atoms with Gasteiger partial charge in [-0.3, -0.25) is 0 Å². The molecule has 20 heavy (non-hydrogen) atoms. The first kappa shape index (κ1) is 15.0. The van der Waals surface area contributed by atoms with Gasteiger partial charge in [-0.1, -0.05) is 35.0 Å². The molecule has 0 aromatic heterocycles. The summed E-state index contributed by atoms with van der Waals surface area (Å²) >= 11 is 3.28. The van der Waals surface area contributed by atoms with Crippen molar-refractivity contribution in [2.45, 2.75) is 19.4 Å². The maximum absolute atomic E-state index is 13.7. The fraction of sp³-hybridized carbons (Fsp3) is 0.250. The molecule has 0 bridgehead atoms. The molecule has 0 fully saturated rings. The van der Waals surface area contributed by atoms with Gasteiger partial charge in [0.2, 0.25) is 0 Å². The van der Waals surface area contributed by atoms with Crippen LogP contribution in [0.1, 0.15) is 30.6 Å². The van der Waals surface area contributed by atoms with E-state index in [1.165, 1.54) is 6.07 Å². The van der Waals surface area contributed by atoms with Crippen LogP contribution in [0.2, 0.25) is 0 Å². The highest BCUT2D eigenvalue weighted by atomic mass is 79.9. The molecule has 0 aliphatic heterocycles. The minimum atomic E-state index is -0.993. The monoisotopic (exact) mass is 338 g/mol. The standard InChI is InChI=1S/C16H16BrFO2/c1-2-9-20-13-6-3-11(4-7-13)16(19)14-10-12(17)5-8-15(14)18/h3-8,10,16,19H,2,9H2,1H3. The number of hydrogen-bond acceptors (Lipinski definition) is 2. The SMILES string of the molecule is CCCOc1ccc(C(O)c2cc(Br)ccc2F)cc1. The summed E-state index contributed by atoms with van der Waals surface area (Å²) in [7, 11) is 0. The van der Waals surface area contributed by atoms with Gasteiger partial charge in [0.05, 0.1) is 6.61 Å². The first-order valence-corrected chi connectivity index (χ1v) is 7.27. The van der Waals surface area contributed by atoms with Crippen molar-refractivity contribution < 1.29 is 14.2 Å². The number of hydrogen-bond donors (Lipinski definition) is 1. The molecule has 0 spiro atoms. The fourth-order valence-electron chi connectivity index (χ4n) is 1.87. The van der Waals surface area contributed by atoms with Crippen molar-refractivity contribution in [3.05, 3.63) is 63.9 Å². The molecule has 2 nitrogen and oxygen atoms in total. The second-order valence-electron chi connectivity index (χ2n) is 4.49. The van der Waals surface area contributed by atoms with E-state index >= 15 is 0 Å². The van der Waals surface area contributed by atoms with E-state index < -0.39 is 11.9 Å². The van der Waals surface area contributed by atoms with Crippen LogP contribution >= 0.6 is 15.9 Å². The summed E-state index contributed by atoms with van der Waals surface area (Å²) in [4.78, 5) is 0. The summed E-state index contributed by atoms with van der Waals surface area (Å²) < 4.78 is 20.0. The molecular weight excluding hydrogens is 323 g/mol. The largest absolute Gasteiger partial charge is 0.494 e. The molecule has 0 saturated carbocycles. The Morgan fingerprint density at radius 1 is 1.20 bits per heavy atom. The topological polar surface area (TPSA) is 29.5 Å². The lowest BCUT2D eigenvalue weighted by Gasteiger charge is -2.13. The van der Waals surface area contributed by atoms with Crippen LogP contribution in [0.15, 0.2) is 46.9 Å². The van der Waals surface area contributed by atoms with E-state index in [2.05, 4.69) is 15.9 Å². The Hall–Kier alpha value is -1.39. The molecule has 1 unspecified atom stereocenters. The molecule has 0 radical (unpaired) electrons. The van der Waals surface area contributed by atoms with Crippen molar-refractivity contribution in [3.8, 4) is 5.75 Å². The number of rotatable bonds is 5. The Balaban J connectivity index is 2.20. The van der Waals surface area contributed by atoms with Crippen molar-refractivity contribution in [1.29, 1.82) is 0 Å². The highest BCUT2D eigenvalue weighted by molar-refractivity contribution is 9.10. The molecule has 2 aromatic rings. The van der Waals surface area contributed by atoms with E-state index in [0.29, 0.717) is 12.2 Å². The van der Waals surface area contributed by atoms with E-state index in [-0.39, 0.29) is 5.56 Å². The normalized spacial score (nSPS) is 12.2. The summed E-state index contributed by atoms with van der Waals surface area (Å²) in [5, 5.41) is 10.3. The predicted molar refractivity (Wildman–Crippen MR) is 80.4 cm³/mol. The van der Waals surface area contributed by atoms with Gasteiger partial charge >= 0.3 is 0 Å². The van der Waals surface area contributed by atoms with Gasteiger partial charge < -0.3 is 9.84 Å². The van der Waals surface area contributed by atoms with Gasteiger partial charge in [0.15, 0.2) is 0 Å². The molecular formula is C16H16BrFO2. The lowest BCUT2D eigenvalue weighted by molar-refractivity contribution is 0.214. The highest BCUT2D eigenvalue weighted by Crippen LogP contribution is 2.28. The Morgan fingerprint density at radius 3 is 2.55 bits per heavy atom. The van der Waals surface area contributed by atoms with Crippen molar-refractivity contribution in [3.63, 3.8) is 0 Å². The van der Waals surface area contributed by atoms with Gasteiger partial charge in [0, 0.05) is 10.0 Å². The van der Waals surface area contributed by atoms with Crippen molar-refractivity contribution in [2.75, 3.05) is 6.61 Å². The molecule has 1 N–H and O–H groups in total. The first-order valence-electron chi connectivity index (χ1n) is 6.47. The number of ether oxygens (including phenoxy) is 1. The molecule has 106 valence electrons. The second-order valence-corrected chi connectivity index (χ2v) is 5.40. The molecule has 0 aliphatic rings. The molecule has 0 aliphatic carbocycles. The molecule has 0 saturated heterocycles. The summed E-state index contributed by atoms with van der Waals surface area (Å²) in [6.45, 7) is 2.69. The smallest absolute Gasteiger partial charge is 0.129 e. The van der Waals surface area contributed by atoms with Crippen LogP contribution in [-0.4, -0.2) is 11.7 Å². The van der Waals surface area contributed by atoms with Crippen LogP contribution in [0.25, 0.3) is 0 Å². The Labute approximate surface area is 126 Å². The molecule has 2 rings (SSSR count). The van der Waals surface area contributed by atoms with E-state index in [4.69, 9.17) is 4.74 Å². The zero-order valence-corrected chi connectivity index (χ0v) is 12.7. The number of aliphatic hydroxyl groups excluding tert-OH is 1. The van der Waals surface area contributed by atoms with Gasteiger partial charge in [-0.25, -0.2) is 4.39 Å². The number of aliphatic hydroxyl groups is 1. The van der Waals surface area contributed by atoms with Crippen LogP contribution in [0, 0.1) is 5.82 Å². The van der Waals surface area contributed by atoms with Gasteiger partial charge in [-0.2, -0.15) is 0 Å². The Kier molecular flexibility index (Phi) is 5.15. The molecule has 2 aromatic carbocycles. The zero-order valence-electron chi connectivity index (χ0n) is 11.1. The van der Waals surface area contributed by atoms with E-state index in [9.17, 15) is 9.50 Å². The average molecular weight is 339 g/mol. The summed E-state index contributed by atoms with van der Waals surface area (Å²) in [6, 6.07) is 11.6. The third-order valence-corrected chi connectivity index (χ3v) is 3.41. The van der Waals surface area contributed by atoms with E-state index in [1.807, 2.05) is 6.92 Å². The van der Waals surface area contributed by atoms with Gasteiger partial charge in [-0.15, -0.1) is 0 Å². The van der Waals surface area contributed by atoms with Crippen molar-refractivity contribution >= 4 is 15.9 Å². The van der Waals surface area contributed by atoms with Crippen LogP contribution in [0.5, 0.6) is 5.75 Å². The maximum atomic E-state index is 13.7. The Morgan fingerprint density at radius 2 is 1.90 bits per heavy atom. The van der Waals surface area contributed by atoms with Crippen molar-refractivity contribution in [2.24, 2.45) is 0 Å². The minimum Gasteiger partial charge on any atom is -0.494 e. The van der Waals surface area contributed by atoms with E-state index in [0.717, 1.165) is 16.6 Å². The number of benzene rings is 2. The van der Waals surface area contributed by atoms with Gasteiger partial charge in [-0.05, 0) is 42.3 Å². The highest BCUT2D eigenvalue weighted by Gasteiger charge is 2.15.